The Balaban J connectivity index is 1.46. The predicted molar refractivity (Wildman–Crippen MR) is 158 cm³/mol. The smallest absolute Gasteiger partial charge is 0.261 e. The average molecular weight is 537 g/mol. The zero-order valence-corrected chi connectivity index (χ0v) is 25.2. The van der Waals surface area contributed by atoms with Crippen LogP contribution in [0.3, 0.4) is 0 Å². The van der Waals surface area contributed by atoms with Crippen molar-refractivity contribution in [1.82, 2.24) is 0 Å². The summed E-state index contributed by atoms with van der Waals surface area (Å²) in [6, 6.07) is 21.7. The van der Waals surface area contributed by atoms with Gasteiger partial charge in [0.15, 0.2) is 5.79 Å². The predicted octanol–water partition coefficient (Wildman–Crippen LogP) is 6.22. The van der Waals surface area contributed by atoms with Gasteiger partial charge in [0.05, 0.1) is 18.3 Å². The highest BCUT2D eigenvalue weighted by atomic mass is 28.4. The second-order valence-corrected chi connectivity index (χ2v) is 17.1. The second kappa shape index (κ2) is 12.2. The van der Waals surface area contributed by atoms with Gasteiger partial charge in [-0.1, -0.05) is 101 Å². The Bertz CT molecular complexity index is 990. The van der Waals surface area contributed by atoms with Crippen LogP contribution in [0.15, 0.2) is 72.8 Å². The third-order valence-corrected chi connectivity index (χ3v) is 13.4. The molecule has 0 saturated carbocycles. The van der Waals surface area contributed by atoms with E-state index >= 15 is 0 Å². The van der Waals surface area contributed by atoms with E-state index in [9.17, 15) is 5.11 Å². The van der Waals surface area contributed by atoms with Crippen molar-refractivity contribution in [3.63, 3.8) is 0 Å². The SMILES string of the molecule is C[C@H]1C=C[C@@H](O)C[C@H]1CC[C@@H]1C[C@H](CCO[Si](c2ccccc2)(c2ccccc2)C(C)(C)C)OC(C)(C)O1. The quantitative estimate of drug-likeness (QED) is 0.305. The van der Waals surface area contributed by atoms with Crippen LogP contribution in [0.5, 0.6) is 0 Å². The van der Waals surface area contributed by atoms with E-state index < -0.39 is 14.1 Å². The molecule has 1 aliphatic carbocycles. The van der Waals surface area contributed by atoms with Crippen molar-refractivity contribution in [2.75, 3.05) is 6.61 Å². The van der Waals surface area contributed by atoms with Crippen LogP contribution in [-0.2, 0) is 13.9 Å². The summed E-state index contributed by atoms with van der Waals surface area (Å²) in [6.07, 6.45) is 8.68. The fraction of sp³-hybridized carbons (Fsp3) is 0.576. The Labute approximate surface area is 231 Å². The van der Waals surface area contributed by atoms with Gasteiger partial charge in [0.1, 0.15) is 0 Å². The van der Waals surface area contributed by atoms with Gasteiger partial charge in [-0.25, -0.2) is 0 Å². The summed E-state index contributed by atoms with van der Waals surface area (Å²) in [5.41, 5.74) is 0. The minimum atomic E-state index is -2.56. The zero-order valence-electron chi connectivity index (χ0n) is 24.2. The Morgan fingerprint density at radius 3 is 1.95 bits per heavy atom. The molecule has 208 valence electrons. The van der Waals surface area contributed by atoms with Crippen LogP contribution in [-0.4, -0.2) is 44.1 Å². The van der Waals surface area contributed by atoms with Gasteiger partial charge in [0, 0.05) is 13.0 Å². The molecule has 0 radical (unpaired) electrons. The Kier molecular flexibility index (Phi) is 9.37. The lowest BCUT2D eigenvalue weighted by atomic mass is 9.80. The first kappa shape index (κ1) is 29.2. The number of allylic oxidation sites excluding steroid dienone is 1. The molecule has 1 aliphatic heterocycles. The lowest BCUT2D eigenvalue weighted by molar-refractivity contribution is -0.302. The first-order valence-electron chi connectivity index (χ1n) is 14.5. The maximum atomic E-state index is 10.1. The van der Waals surface area contributed by atoms with Crippen molar-refractivity contribution in [1.29, 1.82) is 0 Å². The summed E-state index contributed by atoms with van der Waals surface area (Å²) in [6.45, 7) is 13.9. The highest BCUT2D eigenvalue weighted by Gasteiger charge is 2.50. The molecule has 1 saturated heterocycles. The van der Waals surface area contributed by atoms with E-state index in [4.69, 9.17) is 13.9 Å². The van der Waals surface area contributed by atoms with E-state index in [-0.39, 0.29) is 23.4 Å². The zero-order chi connectivity index (χ0) is 27.4. The molecule has 2 aromatic rings. The Hall–Kier alpha value is -1.76. The van der Waals surface area contributed by atoms with Gasteiger partial charge < -0.3 is 19.0 Å². The molecule has 2 aliphatic rings. The molecule has 4 rings (SSSR count). The van der Waals surface area contributed by atoms with E-state index in [1.165, 1.54) is 10.4 Å². The summed E-state index contributed by atoms with van der Waals surface area (Å²) in [5, 5.41) is 12.7. The largest absolute Gasteiger partial charge is 0.407 e. The van der Waals surface area contributed by atoms with Crippen LogP contribution < -0.4 is 10.4 Å². The van der Waals surface area contributed by atoms with Crippen LogP contribution in [0, 0.1) is 11.8 Å². The molecule has 5 atom stereocenters. The van der Waals surface area contributed by atoms with Crippen LogP contribution in [0.25, 0.3) is 0 Å². The molecule has 2 aromatic carbocycles. The van der Waals surface area contributed by atoms with Gasteiger partial charge in [0.25, 0.3) is 8.32 Å². The van der Waals surface area contributed by atoms with Gasteiger partial charge in [-0.05, 0) is 66.8 Å². The van der Waals surface area contributed by atoms with Crippen molar-refractivity contribution in [3.05, 3.63) is 72.8 Å². The van der Waals surface area contributed by atoms with Crippen molar-refractivity contribution in [3.8, 4) is 0 Å². The molecule has 0 spiro atoms. The van der Waals surface area contributed by atoms with E-state index in [0.29, 0.717) is 18.4 Å². The van der Waals surface area contributed by atoms with Gasteiger partial charge >= 0.3 is 0 Å². The normalized spacial score (nSPS) is 27.8. The van der Waals surface area contributed by atoms with Gasteiger partial charge in [-0.3, -0.25) is 0 Å². The maximum absolute atomic E-state index is 10.1. The number of rotatable bonds is 9. The number of hydrogen-bond acceptors (Lipinski definition) is 4. The summed E-state index contributed by atoms with van der Waals surface area (Å²) in [4.78, 5) is 0. The van der Waals surface area contributed by atoms with Gasteiger partial charge in [-0.15, -0.1) is 0 Å². The van der Waals surface area contributed by atoms with Gasteiger partial charge in [0.2, 0.25) is 0 Å². The Morgan fingerprint density at radius 2 is 1.39 bits per heavy atom. The number of ether oxygens (including phenoxy) is 2. The molecule has 0 amide bonds. The van der Waals surface area contributed by atoms with E-state index in [1.807, 2.05) is 19.9 Å². The number of benzene rings is 2. The fourth-order valence-corrected chi connectivity index (χ4v) is 11.1. The number of aliphatic hydroxyl groups excluding tert-OH is 1. The lowest BCUT2D eigenvalue weighted by Gasteiger charge is -2.44. The summed E-state index contributed by atoms with van der Waals surface area (Å²) < 4.78 is 19.9. The molecule has 0 unspecified atom stereocenters. The van der Waals surface area contributed by atoms with E-state index in [0.717, 1.165) is 32.1 Å². The van der Waals surface area contributed by atoms with Crippen LogP contribution in [0.1, 0.15) is 73.6 Å². The lowest BCUT2D eigenvalue weighted by Crippen LogP contribution is -2.66. The monoisotopic (exact) mass is 536 g/mol. The molecular weight excluding hydrogens is 488 g/mol. The topological polar surface area (TPSA) is 47.9 Å². The first-order chi connectivity index (χ1) is 18.0. The molecule has 1 heterocycles. The average Bonchev–Trinajstić information content (AvgIpc) is 2.86. The summed E-state index contributed by atoms with van der Waals surface area (Å²) >= 11 is 0. The van der Waals surface area contributed by atoms with E-state index in [2.05, 4.69) is 94.4 Å². The number of aliphatic hydroxyl groups is 1. The molecule has 0 aromatic heterocycles. The van der Waals surface area contributed by atoms with Crippen LogP contribution in [0.4, 0.5) is 0 Å². The highest BCUT2D eigenvalue weighted by Crippen LogP contribution is 2.38. The number of hydrogen-bond donors (Lipinski definition) is 1. The van der Waals surface area contributed by atoms with Crippen molar-refractivity contribution in [2.45, 2.75) is 103 Å². The first-order valence-corrected chi connectivity index (χ1v) is 16.4. The van der Waals surface area contributed by atoms with Crippen molar-refractivity contribution in [2.24, 2.45) is 11.8 Å². The summed E-state index contributed by atoms with van der Waals surface area (Å²) in [7, 11) is -2.56. The molecule has 4 nitrogen and oxygen atoms in total. The summed E-state index contributed by atoms with van der Waals surface area (Å²) in [5.74, 6) is 0.395. The molecular formula is C33H48O4Si. The third-order valence-electron chi connectivity index (χ3n) is 8.39. The fourth-order valence-electron chi connectivity index (χ4n) is 6.52. The molecule has 1 fully saturated rings. The van der Waals surface area contributed by atoms with Crippen LogP contribution in [0.2, 0.25) is 5.04 Å². The molecule has 0 bridgehead atoms. The van der Waals surface area contributed by atoms with E-state index in [1.54, 1.807) is 0 Å². The third kappa shape index (κ3) is 6.86. The maximum Gasteiger partial charge on any atom is 0.261 e. The molecule has 1 N–H and O–H groups in total. The molecule has 38 heavy (non-hydrogen) atoms. The Morgan fingerprint density at radius 1 is 0.842 bits per heavy atom. The standard InChI is InChI=1S/C33H48O4Si/c1-25-17-19-27(34)23-26(25)18-20-28-24-29(37-33(5,6)36-28)21-22-35-38(32(2,3)4,30-13-9-7-10-14-30)31-15-11-8-12-16-31/h7-17,19,25-29,34H,18,20-24H2,1-6H3/t25-,26+,27+,28+,29-/m0/s1. The van der Waals surface area contributed by atoms with Crippen LogP contribution >= 0.6 is 0 Å². The second-order valence-electron chi connectivity index (χ2n) is 12.8. The minimum absolute atomic E-state index is 0.0379. The van der Waals surface area contributed by atoms with Crippen molar-refractivity contribution < 1.29 is 19.0 Å². The van der Waals surface area contributed by atoms with Gasteiger partial charge in [-0.2, -0.15) is 0 Å². The minimum Gasteiger partial charge on any atom is -0.407 e. The highest BCUT2D eigenvalue weighted by molar-refractivity contribution is 6.99. The van der Waals surface area contributed by atoms with Crippen molar-refractivity contribution >= 4 is 18.7 Å². The molecule has 5 heteroatoms.